The molecule has 25 heavy (non-hydrogen) atoms. The third-order valence-corrected chi connectivity index (χ3v) is 5.22. The molecule has 1 saturated heterocycles. The highest BCUT2D eigenvalue weighted by Crippen LogP contribution is 2.29. The molecule has 8 heteroatoms. The highest BCUT2D eigenvalue weighted by atomic mass is 32.1. The van der Waals surface area contributed by atoms with Gasteiger partial charge in [0.15, 0.2) is 0 Å². The molecule has 0 saturated carbocycles. The van der Waals surface area contributed by atoms with E-state index in [1.54, 1.807) is 10.9 Å². The first kappa shape index (κ1) is 17.8. The van der Waals surface area contributed by atoms with Gasteiger partial charge >= 0.3 is 0 Å². The molecule has 0 aliphatic carbocycles. The second kappa shape index (κ2) is 7.11. The fourth-order valence-corrected chi connectivity index (χ4v) is 3.74. The third-order valence-electron chi connectivity index (χ3n) is 4.45. The van der Waals surface area contributed by atoms with Crippen molar-refractivity contribution in [3.05, 3.63) is 18.2 Å². The summed E-state index contributed by atoms with van der Waals surface area (Å²) in [4.78, 5) is 19.4. The van der Waals surface area contributed by atoms with Crippen LogP contribution >= 0.6 is 11.5 Å². The van der Waals surface area contributed by atoms with Crippen molar-refractivity contribution in [2.24, 2.45) is 5.92 Å². The zero-order valence-electron chi connectivity index (χ0n) is 15.3. The Hall–Kier alpha value is -1.96. The van der Waals surface area contributed by atoms with Crippen LogP contribution in [0.5, 0.6) is 0 Å². The van der Waals surface area contributed by atoms with Gasteiger partial charge in [0.2, 0.25) is 11.0 Å². The van der Waals surface area contributed by atoms with Crippen LogP contribution in [-0.2, 0) is 16.8 Å². The van der Waals surface area contributed by atoms with Crippen LogP contribution in [0.1, 0.15) is 46.4 Å². The minimum absolute atomic E-state index is 0.0319. The van der Waals surface area contributed by atoms with Crippen LogP contribution in [-0.4, -0.2) is 38.1 Å². The summed E-state index contributed by atoms with van der Waals surface area (Å²) in [5.41, 5.74) is 0.740. The molecule has 0 spiro atoms. The predicted molar refractivity (Wildman–Crippen MR) is 100 cm³/mol. The standard InChI is InChI=1S/C17H26N6OS/c1-5-23-11-13(10-18-23)19-14(24)12-6-8-22(9-7-12)16-20-15(21-25-16)17(2,3)4/h10-12H,5-9H2,1-4H3,(H,19,24). The SMILES string of the molecule is CCn1cc(NC(=O)C2CCN(c3nc(C(C)(C)C)ns3)CC2)cn1. The first-order valence-corrected chi connectivity index (χ1v) is 9.56. The van der Waals surface area contributed by atoms with E-state index in [0.29, 0.717) is 0 Å². The smallest absolute Gasteiger partial charge is 0.227 e. The van der Waals surface area contributed by atoms with Gasteiger partial charge in [0.25, 0.3) is 0 Å². The van der Waals surface area contributed by atoms with Crippen LogP contribution in [0.4, 0.5) is 10.8 Å². The monoisotopic (exact) mass is 362 g/mol. The van der Waals surface area contributed by atoms with E-state index in [9.17, 15) is 4.79 Å². The van der Waals surface area contributed by atoms with E-state index < -0.39 is 0 Å². The van der Waals surface area contributed by atoms with E-state index in [1.165, 1.54) is 11.5 Å². The number of hydrogen-bond acceptors (Lipinski definition) is 6. The average molecular weight is 363 g/mol. The normalized spacial score (nSPS) is 16.2. The van der Waals surface area contributed by atoms with E-state index >= 15 is 0 Å². The lowest BCUT2D eigenvalue weighted by Gasteiger charge is -2.30. The molecule has 1 fully saturated rings. The molecule has 136 valence electrons. The number of rotatable bonds is 4. The van der Waals surface area contributed by atoms with Gasteiger partial charge in [-0.25, -0.2) is 4.98 Å². The Bertz CT molecular complexity index is 724. The van der Waals surface area contributed by atoms with Gasteiger partial charge in [0.1, 0.15) is 5.82 Å². The van der Waals surface area contributed by atoms with Gasteiger partial charge in [0, 0.05) is 48.7 Å². The molecule has 2 aromatic rings. The summed E-state index contributed by atoms with van der Waals surface area (Å²) in [5, 5.41) is 8.13. The molecule has 0 unspecified atom stereocenters. The Morgan fingerprint density at radius 3 is 2.64 bits per heavy atom. The van der Waals surface area contributed by atoms with Crippen molar-refractivity contribution in [1.82, 2.24) is 19.1 Å². The van der Waals surface area contributed by atoms with Crippen molar-refractivity contribution in [1.29, 1.82) is 0 Å². The van der Waals surface area contributed by atoms with Crippen molar-refractivity contribution < 1.29 is 4.79 Å². The molecular formula is C17H26N6OS. The lowest BCUT2D eigenvalue weighted by molar-refractivity contribution is -0.120. The molecule has 1 aliphatic heterocycles. The van der Waals surface area contributed by atoms with Crippen molar-refractivity contribution >= 4 is 28.3 Å². The van der Waals surface area contributed by atoms with Crippen LogP contribution in [0.3, 0.4) is 0 Å². The van der Waals surface area contributed by atoms with Gasteiger partial charge < -0.3 is 10.2 Å². The summed E-state index contributed by atoms with van der Waals surface area (Å²) < 4.78 is 6.29. The zero-order chi connectivity index (χ0) is 18.0. The molecule has 1 amide bonds. The lowest BCUT2D eigenvalue weighted by atomic mass is 9.96. The number of carbonyl (C=O) groups is 1. The molecule has 3 rings (SSSR count). The van der Waals surface area contributed by atoms with E-state index in [0.717, 1.165) is 49.1 Å². The summed E-state index contributed by atoms with van der Waals surface area (Å²) in [7, 11) is 0. The quantitative estimate of drug-likeness (QED) is 0.905. The molecule has 0 aromatic carbocycles. The molecule has 0 bridgehead atoms. The molecule has 3 heterocycles. The lowest BCUT2D eigenvalue weighted by Crippen LogP contribution is -2.38. The zero-order valence-corrected chi connectivity index (χ0v) is 16.1. The van der Waals surface area contributed by atoms with Gasteiger partial charge in [-0.05, 0) is 19.8 Å². The van der Waals surface area contributed by atoms with E-state index in [-0.39, 0.29) is 17.2 Å². The summed E-state index contributed by atoms with van der Waals surface area (Å²) in [6, 6.07) is 0. The number of carbonyl (C=O) groups excluding carboxylic acids is 1. The Morgan fingerprint density at radius 2 is 2.08 bits per heavy atom. The first-order valence-electron chi connectivity index (χ1n) is 8.79. The van der Waals surface area contributed by atoms with E-state index in [1.807, 2.05) is 13.1 Å². The molecule has 0 radical (unpaired) electrons. The Kier molecular flexibility index (Phi) is 5.08. The van der Waals surface area contributed by atoms with Crippen molar-refractivity contribution in [2.45, 2.75) is 52.5 Å². The highest BCUT2D eigenvalue weighted by molar-refractivity contribution is 7.09. The van der Waals surface area contributed by atoms with E-state index in [2.05, 4.69) is 45.4 Å². The van der Waals surface area contributed by atoms with Crippen LogP contribution in [0.15, 0.2) is 12.4 Å². The molecular weight excluding hydrogens is 336 g/mol. The number of nitrogens with one attached hydrogen (secondary N) is 1. The topological polar surface area (TPSA) is 75.9 Å². The maximum absolute atomic E-state index is 12.5. The molecule has 2 aromatic heterocycles. The Labute approximate surface area is 152 Å². The number of aryl methyl sites for hydroxylation is 1. The van der Waals surface area contributed by atoms with Gasteiger partial charge in [0.05, 0.1) is 11.9 Å². The number of anilines is 2. The largest absolute Gasteiger partial charge is 0.347 e. The average Bonchev–Trinajstić information content (AvgIpc) is 3.24. The predicted octanol–water partition coefficient (Wildman–Crippen LogP) is 2.91. The molecule has 0 atom stereocenters. The number of aromatic nitrogens is 4. The maximum atomic E-state index is 12.5. The van der Waals surface area contributed by atoms with Crippen LogP contribution in [0, 0.1) is 5.92 Å². The highest BCUT2D eigenvalue weighted by Gasteiger charge is 2.28. The summed E-state index contributed by atoms with van der Waals surface area (Å²) in [6.45, 7) is 10.9. The molecule has 7 nitrogen and oxygen atoms in total. The van der Waals surface area contributed by atoms with Crippen LogP contribution < -0.4 is 10.2 Å². The Morgan fingerprint density at radius 1 is 1.36 bits per heavy atom. The number of hydrogen-bond donors (Lipinski definition) is 1. The summed E-state index contributed by atoms with van der Waals surface area (Å²) in [5.74, 6) is 1.01. The van der Waals surface area contributed by atoms with Gasteiger partial charge in [-0.2, -0.15) is 9.47 Å². The van der Waals surface area contributed by atoms with Crippen molar-refractivity contribution in [2.75, 3.05) is 23.3 Å². The summed E-state index contributed by atoms with van der Waals surface area (Å²) >= 11 is 1.45. The number of amides is 1. The van der Waals surface area contributed by atoms with Gasteiger partial charge in [-0.15, -0.1) is 0 Å². The number of nitrogens with zero attached hydrogens (tertiary/aromatic N) is 5. The second-order valence-corrected chi connectivity index (χ2v) is 8.22. The van der Waals surface area contributed by atoms with Gasteiger partial charge in [-0.1, -0.05) is 20.8 Å². The number of piperidine rings is 1. The fourth-order valence-electron chi connectivity index (χ4n) is 2.83. The Balaban J connectivity index is 1.54. The summed E-state index contributed by atoms with van der Waals surface area (Å²) in [6.07, 6.45) is 5.23. The second-order valence-electron chi connectivity index (χ2n) is 7.49. The first-order chi connectivity index (χ1) is 11.9. The third kappa shape index (κ3) is 4.18. The van der Waals surface area contributed by atoms with Crippen LogP contribution in [0.2, 0.25) is 0 Å². The molecule has 1 N–H and O–H groups in total. The van der Waals surface area contributed by atoms with Crippen molar-refractivity contribution in [3.8, 4) is 0 Å². The fraction of sp³-hybridized carbons (Fsp3) is 0.647. The van der Waals surface area contributed by atoms with E-state index in [4.69, 9.17) is 0 Å². The van der Waals surface area contributed by atoms with Gasteiger partial charge in [-0.3, -0.25) is 9.48 Å². The minimum atomic E-state index is -0.0319. The van der Waals surface area contributed by atoms with Crippen molar-refractivity contribution in [3.63, 3.8) is 0 Å². The molecule has 1 aliphatic rings. The minimum Gasteiger partial charge on any atom is -0.347 e. The van der Waals surface area contributed by atoms with Crippen LogP contribution in [0.25, 0.3) is 0 Å². The maximum Gasteiger partial charge on any atom is 0.227 e.